The number of hydrogen-bond donors (Lipinski definition) is 1. The fraction of sp³-hybridized carbons (Fsp3) is 0.312. The molecule has 1 heterocycles. The average molecular weight is 301 g/mol. The Morgan fingerprint density at radius 3 is 2.45 bits per heavy atom. The zero-order valence-electron chi connectivity index (χ0n) is 12.7. The molecule has 1 amide bonds. The number of nitrogens with one attached hydrogen (secondary N) is 1. The van der Waals surface area contributed by atoms with Crippen LogP contribution in [0.2, 0.25) is 0 Å². The van der Waals surface area contributed by atoms with Gasteiger partial charge in [0.05, 0.1) is 0 Å². The van der Waals surface area contributed by atoms with Crippen LogP contribution >= 0.6 is 0 Å². The van der Waals surface area contributed by atoms with Gasteiger partial charge in [-0.1, -0.05) is 30.3 Å². The van der Waals surface area contributed by atoms with E-state index in [2.05, 4.69) is 4.98 Å². The van der Waals surface area contributed by atoms with Crippen molar-refractivity contribution in [2.75, 3.05) is 0 Å². The Kier molecular flexibility index (Phi) is 4.93. The summed E-state index contributed by atoms with van der Waals surface area (Å²) in [6.07, 6.45) is 1.33. The number of carbonyl (C=O) groups excluding carboxylic acids is 1. The lowest BCUT2D eigenvalue weighted by Gasteiger charge is -2.27. The van der Waals surface area contributed by atoms with Crippen molar-refractivity contribution >= 4 is 5.91 Å². The van der Waals surface area contributed by atoms with Crippen molar-refractivity contribution in [3.63, 3.8) is 0 Å². The molecule has 6 nitrogen and oxygen atoms in total. The predicted molar refractivity (Wildman–Crippen MR) is 83.5 cm³/mol. The van der Waals surface area contributed by atoms with Gasteiger partial charge in [-0.2, -0.15) is 0 Å². The van der Waals surface area contributed by atoms with Crippen molar-refractivity contribution in [1.82, 2.24) is 14.5 Å². The first-order chi connectivity index (χ1) is 10.5. The van der Waals surface area contributed by atoms with E-state index >= 15 is 0 Å². The molecule has 6 heteroatoms. The van der Waals surface area contributed by atoms with E-state index in [4.69, 9.17) is 0 Å². The van der Waals surface area contributed by atoms with E-state index in [1.54, 1.807) is 4.90 Å². The maximum Gasteiger partial charge on any atom is 0.328 e. The zero-order chi connectivity index (χ0) is 16.1. The predicted octanol–water partition coefficient (Wildman–Crippen LogP) is 0.974. The summed E-state index contributed by atoms with van der Waals surface area (Å²) in [7, 11) is 0. The summed E-state index contributed by atoms with van der Waals surface area (Å²) in [5.41, 5.74) is -0.0265. The number of amides is 1. The van der Waals surface area contributed by atoms with Gasteiger partial charge in [0.1, 0.15) is 6.54 Å². The molecule has 0 aliphatic carbocycles. The normalized spacial score (nSPS) is 10.7. The highest BCUT2D eigenvalue weighted by molar-refractivity contribution is 5.76. The van der Waals surface area contributed by atoms with Gasteiger partial charge >= 0.3 is 5.69 Å². The van der Waals surface area contributed by atoms with Crippen molar-refractivity contribution in [1.29, 1.82) is 0 Å². The number of aromatic nitrogens is 2. The van der Waals surface area contributed by atoms with Crippen molar-refractivity contribution in [2.24, 2.45) is 0 Å². The molecule has 2 aromatic rings. The summed E-state index contributed by atoms with van der Waals surface area (Å²) in [4.78, 5) is 39.0. The first-order valence-corrected chi connectivity index (χ1v) is 7.10. The number of carbonyl (C=O) groups is 1. The molecule has 22 heavy (non-hydrogen) atoms. The molecule has 116 valence electrons. The summed E-state index contributed by atoms with van der Waals surface area (Å²) in [6, 6.07) is 10.9. The van der Waals surface area contributed by atoms with Crippen LogP contribution in [0.3, 0.4) is 0 Å². The second kappa shape index (κ2) is 6.89. The highest BCUT2D eigenvalue weighted by Gasteiger charge is 2.18. The number of benzene rings is 1. The molecule has 0 fully saturated rings. The third-order valence-corrected chi connectivity index (χ3v) is 3.34. The topological polar surface area (TPSA) is 75.2 Å². The fourth-order valence-corrected chi connectivity index (χ4v) is 2.14. The van der Waals surface area contributed by atoms with E-state index in [1.807, 2.05) is 44.2 Å². The van der Waals surface area contributed by atoms with Crippen LogP contribution < -0.4 is 11.2 Å². The van der Waals surface area contributed by atoms with Gasteiger partial charge in [-0.25, -0.2) is 4.79 Å². The van der Waals surface area contributed by atoms with Crippen LogP contribution in [0.15, 0.2) is 52.2 Å². The minimum Gasteiger partial charge on any atom is -0.334 e. The Bertz CT molecular complexity index is 747. The van der Waals surface area contributed by atoms with Crippen LogP contribution in [-0.4, -0.2) is 26.4 Å². The maximum absolute atomic E-state index is 12.5. The fourth-order valence-electron chi connectivity index (χ4n) is 2.14. The van der Waals surface area contributed by atoms with Gasteiger partial charge in [0.15, 0.2) is 0 Å². The Hall–Kier alpha value is -2.63. The van der Waals surface area contributed by atoms with Gasteiger partial charge in [-0.05, 0) is 19.4 Å². The minimum absolute atomic E-state index is 0.00571. The van der Waals surface area contributed by atoms with Crippen LogP contribution in [0, 0.1) is 0 Å². The Balaban J connectivity index is 2.16. The van der Waals surface area contributed by atoms with E-state index in [1.165, 1.54) is 16.8 Å². The standard InChI is InChI=1S/C16H19N3O3/c1-12(2)19(10-13-6-4-3-5-7-13)15(21)11-18-9-8-14(20)17-16(18)22/h3-9,12H,10-11H2,1-2H3,(H,17,20,22). The van der Waals surface area contributed by atoms with Crippen LogP contribution in [0.25, 0.3) is 0 Å². The molecule has 0 saturated carbocycles. The number of nitrogens with zero attached hydrogens (tertiary/aromatic N) is 2. The van der Waals surface area contributed by atoms with E-state index in [9.17, 15) is 14.4 Å². The smallest absolute Gasteiger partial charge is 0.328 e. The summed E-state index contributed by atoms with van der Waals surface area (Å²) in [5.74, 6) is -0.173. The van der Waals surface area contributed by atoms with Crippen LogP contribution in [-0.2, 0) is 17.9 Å². The third kappa shape index (κ3) is 3.94. The summed E-state index contributed by atoms with van der Waals surface area (Å²) >= 11 is 0. The number of aromatic amines is 1. The van der Waals surface area contributed by atoms with E-state index in [-0.39, 0.29) is 18.5 Å². The van der Waals surface area contributed by atoms with E-state index < -0.39 is 11.2 Å². The van der Waals surface area contributed by atoms with Crippen molar-refractivity contribution < 1.29 is 4.79 Å². The molecule has 0 atom stereocenters. The number of H-pyrrole nitrogens is 1. The van der Waals surface area contributed by atoms with Crippen LogP contribution in [0.5, 0.6) is 0 Å². The van der Waals surface area contributed by atoms with Crippen molar-refractivity contribution in [3.05, 3.63) is 69.0 Å². The lowest BCUT2D eigenvalue weighted by atomic mass is 10.2. The second-order valence-electron chi connectivity index (χ2n) is 5.34. The lowest BCUT2D eigenvalue weighted by molar-refractivity contribution is -0.134. The maximum atomic E-state index is 12.5. The highest BCUT2D eigenvalue weighted by atomic mass is 16.2. The first-order valence-electron chi connectivity index (χ1n) is 7.10. The molecule has 0 radical (unpaired) electrons. The summed E-state index contributed by atoms with van der Waals surface area (Å²) < 4.78 is 1.20. The molecule has 0 bridgehead atoms. The molecule has 0 unspecified atom stereocenters. The second-order valence-corrected chi connectivity index (χ2v) is 5.34. The zero-order valence-corrected chi connectivity index (χ0v) is 12.7. The van der Waals surface area contributed by atoms with Crippen molar-refractivity contribution in [2.45, 2.75) is 33.0 Å². The Morgan fingerprint density at radius 2 is 1.86 bits per heavy atom. The Morgan fingerprint density at radius 1 is 1.18 bits per heavy atom. The van der Waals surface area contributed by atoms with Gasteiger partial charge in [0.2, 0.25) is 5.91 Å². The molecule has 0 saturated heterocycles. The van der Waals surface area contributed by atoms with Crippen molar-refractivity contribution in [3.8, 4) is 0 Å². The van der Waals surface area contributed by atoms with Gasteiger partial charge in [0.25, 0.3) is 5.56 Å². The third-order valence-electron chi connectivity index (χ3n) is 3.34. The molecular formula is C16H19N3O3. The first kappa shape index (κ1) is 15.8. The van der Waals surface area contributed by atoms with E-state index in [0.717, 1.165) is 5.56 Å². The van der Waals surface area contributed by atoms with Gasteiger partial charge < -0.3 is 4.90 Å². The highest BCUT2D eigenvalue weighted by Crippen LogP contribution is 2.09. The van der Waals surface area contributed by atoms with Crippen LogP contribution in [0.1, 0.15) is 19.4 Å². The largest absolute Gasteiger partial charge is 0.334 e. The molecular weight excluding hydrogens is 282 g/mol. The SMILES string of the molecule is CC(C)N(Cc1ccccc1)C(=O)Cn1ccc(=O)[nH]c1=O. The van der Waals surface area contributed by atoms with Crippen LogP contribution in [0.4, 0.5) is 0 Å². The monoisotopic (exact) mass is 301 g/mol. The van der Waals surface area contributed by atoms with Gasteiger partial charge in [0, 0.05) is 24.8 Å². The Labute approximate surface area is 128 Å². The number of rotatable bonds is 5. The molecule has 0 spiro atoms. The molecule has 2 rings (SSSR count). The van der Waals surface area contributed by atoms with Gasteiger partial charge in [-0.3, -0.25) is 19.1 Å². The van der Waals surface area contributed by atoms with Gasteiger partial charge in [-0.15, -0.1) is 0 Å². The molecule has 1 aromatic carbocycles. The van der Waals surface area contributed by atoms with E-state index in [0.29, 0.717) is 6.54 Å². The summed E-state index contributed by atoms with van der Waals surface area (Å²) in [6.45, 7) is 4.24. The lowest BCUT2D eigenvalue weighted by Crippen LogP contribution is -2.41. The molecule has 0 aliphatic rings. The molecule has 0 aliphatic heterocycles. The number of hydrogen-bond acceptors (Lipinski definition) is 3. The summed E-state index contributed by atoms with van der Waals surface area (Å²) in [5, 5.41) is 0. The minimum atomic E-state index is -0.579. The average Bonchev–Trinajstić information content (AvgIpc) is 2.48. The molecule has 1 N–H and O–H groups in total. The molecule has 1 aromatic heterocycles. The quantitative estimate of drug-likeness (QED) is 0.894.